The van der Waals surface area contributed by atoms with Gasteiger partial charge in [-0.25, -0.2) is 4.98 Å². The van der Waals surface area contributed by atoms with Gasteiger partial charge in [0.15, 0.2) is 0 Å². The molecule has 0 unspecified atom stereocenters. The molecule has 0 amide bonds. The predicted molar refractivity (Wildman–Crippen MR) is 76.7 cm³/mol. The number of nitrogens with zero attached hydrogens (tertiary/aromatic N) is 3. The Morgan fingerprint density at radius 1 is 1.33 bits per heavy atom. The third-order valence-electron chi connectivity index (χ3n) is 2.39. The maximum absolute atomic E-state index is 4.41. The van der Waals surface area contributed by atoms with Crippen molar-refractivity contribution in [3.63, 3.8) is 0 Å². The molecule has 0 spiro atoms. The first-order chi connectivity index (χ1) is 8.28. The molecule has 0 aliphatic heterocycles. The summed E-state index contributed by atoms with van der Waals surface area (Å²) in [6, 6.07) is 0. The molecule has 4 nitrogen and oxygen atoms in total. The Balaban J connectivity index is 2.60. The van der Waals surface area contributed by atoms with Crippen LogP contribution in [0.1, 0.15) is 33.4 Å². The average molecular weight is 248 g/mol. The van der Waals surface area contributed by atoms with E-state index < -0.39 is 0 Å². The minimum absolute atomic E-state index is 0.0943. The van der Waals surface area contributed by atoms with E-state index >= 15 is 0 Å². The summed E-state index contributed by atoms with van der Waals surface area (Å²) in [5, 5.41) is 3.39. The number of nitrogens with one attached hydrogen (secondary N) is 1. The summed E-state index contributed by atoms with van der Waals surface area (Å²) in [5.41, 5.74) is 2.16. The zero-order valence-electron chi connectivity index (χ0n) is 12.1. The van der Waals surface area contributed by atoms with Crippen LogP contribution < -0.4 is 10.2 Å². The van der Waals surface area contributed by atoms with Gasteiger partial charge >= 0.3 is 0 Å². The van der Waals surface area contributed by atoms with Gasteiger partial charge in [0, 0.05) is 25.7 Å². The molecule has 100 valence electrons. The lowest BCUT2D eigenvalue weighted by Crippen LogP contribution is -2.35. The normalized spacial score (nSPS) is 11.4. The van der Waals surface area contributed by atoms with E-state index in [1.54, 1.807) is 0 Å². The molecule has 0 aromatic carbocycles. The van der Waals surface area contributed by atoms with E-state index in [0.717, 1.165) is 30.2 Å². The Morgan fingerprint density at radius 3 is 2.44 bits per heavy atom. The van der Waals surface area contributed by atoms with Crippen molar-refractivity contribution in [2.75, 3.05) is 18.5 Å². The summed E-state index contributed by atoms with van der Waals surface area (Å²) >= 11 is 0. The third-order valence-corrected chi connectivity index (χ3v) is 2.39. The monoisotopic (exact) mass is 248 g/mol. The zero-order chi connectivity index (χ0) is 13.8. The number of rotatable bonds is 5. The number of aromatic nitrogens is 2. The summed E-state index contributed by atoms with van der Waals surface area (Å²) in [5.74, 6) is 0.873. The fourth-order valence-corrected chi connectivity index (χ4v) is 1.48. The van der Waals surface area contributed by atoms with Crippen LogP contribution in [-0.4, -0.2) is 29.1 Å². The molecule has 1 rings (SSSR count). The van der Waals surface area contributed by atoms with Crippen LogP contribution >= 0.6 is 0 Å². The van der Waals surface area contributed by atoms with E-state index in [9.17, 15) is 0 Å². The molecule has 18 heavy (non-hydrogen) atoms. The van der Waals surface area contributed by atoms with Gasteiger partial charge in [0.2, 0.25) is 0 Å². The summed E-state index contributed by atoms with van der Waals surface area (Å²) in [6.07, 6.45) is 3.63. The van der Waals surface area contributed by atoms with Crippen LogP contribution in [0.2, 0.25) is 0 Å². The molecule has 1 aromatic heterocycles. The minimum atomic E-state index is 0.0943. The highest BCUT2D eigenvalue weighted by Crippen LogP contribution is 2.09. The summed E-state index contributed by atoms with van der Waals surface area (Å²) in [6.45, 7) is 13.8. The van der Waals surface area contributed by atoms with E-state index in [-0.39, 0.29) is 5.54 Å². The second-order valence-electron chi connectivity index (χ2n) is 5.78. The average Bonchev–Trinajstić information content (AvgIpc) is 2.25. The van der Waals surface area contributed by atoms with Crippen LogP contribution in [0.5, 0.6) is 0 Å². The molecule has 1 N–H and O–H groups in total. The molecule has 0 saturated carbocycles. The van der Waals surface area contributed by atoms with Crippen molar-refractivity contribution in [2.24, 2.45) is 0 Å². The summed E-state index contributed by atoms with van der Waals surface area (Å²) in [7, 11) is 1.99. The summed E-state index contributed by atoms with van der Waals surface area (Å²) in [4.78, 5) is 10.9. The zero-order valence-corrected chi connectivity index (χ0v) is 12.1. The molecule has 0 radical (unpaired) electrons. The smallest absolute Gasteiger partial charge is 0.147 e. The molecule has 1 heterocycles. The Hall–Kier alpha value is -1.42. The molecule has 0 bridgehead atoms. The van der Waals surface area contributed by atoms with Crippen LogP contribution in [0.4, 0.5) is 5.82 Å². The van der Waals surface area contributed by atoms with Crippen LogP contribution in [0.25, 0.3) is 0 Å². The van der Waals surface area contributed by atoms with E-state index in [4.69, 9.17) is 0 Å². The predicted octanol–water partition coefficient (Wildman–Crippen LogP) is 2.38. The molecule has 0 aliphatic rings. The molecular formula is C14H24N4. The first-order valence-corrected chi connectivity index (χ1v) is 6.19. The second kappa shape index (κ2) is 5.96. The molecule has 1 aromatic rings. The van der Waals surface area contributed by atoms with E-state index in [0.29, 0.717) is 0 Å². The number of anilines is 1. The van der Waals surface area contributed by atoms with Gasteiger partial charge in [0.05, 0.1) is 18.1 Å². The third kappa shape index (κ3) is 5.27. The van der Waals surface area contributed by atoms with Crippen molar-refractivity contribution in [2.45, 2.75) is 39.8 Å². The van der Waals surface area contributed by atoms with Gasteiger partial charge in [-0.1, -0.05) is 12.2 Å². The van der Waals surface area contributed by atoms with E-state index in [2.05, 4.69) is 42.6 Å². The van der Waals surface area contributed by atoms with Crippen molar-refractivity contribution in [1.29, 1.82) is 0 Å². The van der Waals surface area contributed by atoms with Crippen molar-refractivity contribution in [3.05, 3.63) is 30.2 Å². The van der Waals surface area contributed by atoms with Crippen LogP contribution in [0.15, 0.2) is 24.5 Å². The Labute approximate surface area is 110 Å². The Bertz CT molecular complexity index is 389. The highest BCUT2D eigenvalue weighted by molar-refractivity contribution is 5.36. The largest absolute Gasteiger partial charge is 0.354 e. The van der Waals surface area contributed by atoms with Crippen LogP contribution in [0, 0.1) is 0 Å². The Kier molecular flexibility index (Phi) is 4.84. The lowest BCUT2D eigenvalue weighted by molar-refractivity contribution is 0.421. The van der Waals surface area contributed by atoms with Gasteiger partial charge in [-0.15, -0.1) is 0 Å². The van der Waals surface area contributed by atoms with Gasteiger partial charge in [-0.3, -0.25) is 4.98 Å². The second-order valence-corrected chi connectivity index (χ2v) is 5.78. The Morgan fingerprint density at radius 2 is 2.00 bits per heavy atom. The van der Waals surface area contributed by atoms with Gasteiger partial charge in [0.1, 0.15) is 5.82 Å². The first kappa shape index (κ1) is 14.6. The number of hydrogen-bond acceptors (Lipinski definition) is 4. The molecule has 4 heteroatoms. The van der Waals surface area contributed by atoms with Gasteiger partial charge < -0.3 is 10.2 Å². The lowest BCUT2D eigenvalue weighted by atomic mass is 10.1. The van der Waals surface area contributed by atoms with Crippen molar-refractivity contribution in [1.82, 2.24) is 15.3 Å². The number of hydrogen-bond donors (Lipinski definition) is 1. The van der Waals surface area contributed by atoms with Gasteiger partial charge in [-0.05, 0) is 27.7 Å². The van der Waals surface area contributed by atoms with Crippen molar-refractivity contribution < 1.29 is 0 Å². The van der Waals surface area contributed by atoms with Crippen LogP contribution in [-0.2, 0) is 6.54 Å². The van der Waals surface area contributed by atoms with Crippen LogP contribution in [0.3, 0.4) is 0 Å². The molecular weight excluding hydrogens is 224 g/mol. The van der Waals surface area contributed by atoms with Gasteiger partial charge in [0.25, 0.3) is 0 Å². The van der Waals surface area contributed by atoms with Gasteiger partial charge in [-0.2, -0.15) is 0 Å². The highest BCUT2D eigenvalue weighted by Gasteiger charge is 2.09. The van der Waals surface area contributed by atoms with E-state index in [1.807, 2.05) is 31.3 Å². The maximum Gasteiger partial charge on any atom is 0.147 e. The number of likely N-dealkylation sites (N-methyl/N-ethyl adjacent to an activating group) is 1. The van der Waals surface area contributed by atoms with Crippen molar-refractivity contribution >= 4 is 5.82 Å². The fraction of sp³-hybridized carbons (Fsp3) is 0.571. The molecule has 0 atom stereocenters. The lowest BCUT2D eigenvalue weighted by Gasteiger charge is -2.21. The molecule has 0 fully saturated rings. The summed E-state index contributed by atoms with van der Waals surface area (Å²) < 4.78 is 0. The molecule has 0 aliphatic carbocycles. The fourth-order valence-electron chi connectivity index (χ4n) is 1.48. The molecule has 0 saturated heterocycles. The van der Waals surface area contributed by atoms with Crippen molar-refractivity contribution in [3.8, 4) is 0 Å². The first-order valence-electron chi connectivity index (χ1n) is 6.19. The van der Waals surface area contributed by atoms with E-state index in [1.165, 1.54) is 0 Å². The maximum atomic E-state index is 4.41. The highest BCUT2D eigenvalue weighted by atomic mass is 15.2. The minimum Gasteiger partial charge on any atom is -0.354 e. The SMILES string of the molecule is C=C(C)CN(C)c1cnc(CNC(C)(C)C)cn1. The topological polar surface area (TPSA) is 41.1 Å². The quantitative estimate of drug-likeness (QED) is 0.812. The standard InChI is InChI=1S/C14H24N4/c1-11(2)10-18(6)13-9-15-12(7-16-13)8-17-14(3,4)5/h7,9,17H,1,8,10H2,2-6H3.